The van der Waals surface area contributed by atoms with Crippen molar-refractivity contribution in [1.82, 2.24) is 14.8 Å². The second-order valence-corrected chi connectivity index (χ2v) is 9.59. The van der Waals surface area contributed by atoms with Crippen molar-refractivity contribution in [2.75, 3.05) is 5.75 Å². The summed E-state index contributed by atoms with van der Waals surface area (Å²) in [4.78, 5) is 12.3. The summed E-state index contributed by atoms with van der Waals surface area (Å²) in [5.41, 5.74) is 1.72. The van der Waals surface area contributed by atoms with Crippen molar-refractivity contribution in [2.24, 2.45) is 7.05 Å². The maximum absolute atomic E-state index is 12.3. The van der Waals surface area contributed by atoms with E-state index in [4.69, 9.17) is 23.2 Å². The van der Waals surface area contributed by atoms with Gasteiger partial charge in [-0.25, -0.2) is 0 Å². The Morgan fingerprint density at radius 3 is 2.57 bits per heavy atom. The topological polar surface area (TPSA) is 47.8 Å². The Hall–Kier alpha value is -0.990. The maximum Gasteiger partial charge on any atom is 0.191 e. The highest BCUT2D eigenvalue weighted by atomic mass is 79.9. The lowest BCUT2D eigenvalue weighted by molar-refractivity contribution is 0.102. The fourth-order valence-corrected chi connectivity index (χ4v) is 4.99. The molecule has 0 fully saturated rings. The van der Waals surface area contributed by atoms with Crippen LogP contribution >= 0.6 is 62.7 Å². The Balaban J connectivity index is 1.53. The lowest BCUT2D eigenvalue weighted by Gasteiger charge is -2.06. The van der Waals surface area contributed by atoms with Gasteiger partial charge in [-0.3, -0.25) is 4.79 Å². The second kappa shape index (κ2) is 10.2. The molecule has 4 nitrogen and oxygen atoms in total. The number of halogens is 3. The number of Topliss-reactive ketones (excluding diaryl/α,β-unsaturated/α-hetero) is 1. The highest BCUT2D eigenvalue weighted by molar-refractivity contribution is 9.10. The first-order valence-corrected chi connectivity index (χ1v) is 11.9. The van der Waals surface area contributed by atoms with Crippen molar-refractivity contribution in [2.45, 2.75) is 16.7 Å². The highest BCUT2D eigenvalue weighted by Gasteiger charge is 2.13. The summed E-state index contributed by atoms with van der Waals surface area (Å²) in [6.45, 7) is 0. The highest BCUT2D eigenvalue weighted by Crippen LogP contribution is 2.27. The van der Waals surface area contributed by atoms with Gasteiger partial charge in [0, 0.05) is 32.9 Å². The number of carbonyl (C=O) groups excluding carboxylic acids is 1. The quantitative estimate of drug-likeness (QED) is 0.260. The predicted octanol–water partition coefficient (Wildman–Crippen LogP) is 6.29. The molecule has 0 unspecified atom stereocenters. The van der Waals surface area contributed by atoms with Crippen LogP contribution in [0.25, 0.3) is 0 Å². The van der Waals surface area contributed by atoms with E-state index >= 15 is 0 Å². The molecule has 0 atom stereocenters. The third-order valence-electron chi connectivity index (χ3n) is 3.93. The number of hydrogen-bond acceptors (Lipinski definition) is 5. The van der Waals surface area contributed by atoms with Crippen LogP contribution in [-0.2, 0) is 18.6 Å². The van der Waals surface area contributed by atoms with Crippen LogP contribution in [0.1, 0.15) is 21.7 Å². The fraction of sp³-hybridized carbons (Fsp3) is 0.211. The van der Waals surface area contributed by atoms with Crippen LogP contribution in [0.5, 0.6) is 0 Å². The molecule has 0 amide bonds. The van der Waals surface area contributed by atoms with Crippen molar-refractivity contribution in [3.63, 3.8) is 0 Å². The number of aromatic nitrogens is 3. The molecule has 0 aliphatic heterocycles. The molecule has 0 aliphatic carbocycles. The van der Waals surface area contributed by atoms with Crippen LogP contribution in [0.3, 0.4) is 0 Å². The zero-order chi connectivity index (χ0) is 20.1. The Labute approximate surface area is 190 Å². The van der Waals surface area contributed by atoms with Crippen LogP contribution in [0.15, 0.2) is 52.1 Å². The van der Waals surface area contributed by atoms with Gasteiger partial charge in [-0.1, -0.05) is 69.1 Å². The van der Waals surface area contributed by atoms with Crippen molar-refractivity contribution < 1.29 is 4.79 Å². The molecule has 28 heavy (non-hydrogen) atoms. The van der Waals surface area contributed by atoms with Crippen molar-refractivity contribution in [3.05, 3.63) is 73.9 Å². The number of nitrogens with zero attached hydrogens (tertiary/aromatic N) is 3. The minimum atomic E-state index is 0.0637. The van der Waals surface area contributed by atoms with Crippen molar-refractivity contribution >= 4 is 68.4 Å². The number of thioether (sulfide) groups is 2. The van der Waals surface area contributed by atoms with Crippen LogP contribution in [0, 0.1) is 0 Å². The lowest BCUT2D eigenvalue weighted by Crippen LogP contribution is -2.04. The summed E-state index contributed by atoms with van der Waals surface area (Å²) in [5, 5.41) is 10.5. The first kappa shape index (κ1) is 21.7. The molecule has 0 N–H and O–H groups in total. The molecule has 1 aromatic heterocycles. The van der Waals surface area contributed by atoms with E-state index in [0.717, 1.165) is 26.8 Å². The zero-order valence-corrected chi connectivity index (χ0v) is 19.6. The predicted molar refractivity (Wildman–Crippen MR) is 122 cm³/mol. The van der Waals surface area contributed by atoms with Crippen LogP contribution < -0.4 is 0 Å². The molecule has 1 heterocycles. The smallest absolute Gasteiger partial charge is 0.191 e. The van der Waals surface area contributed by atoms with E-state index < -0.39 is 0 Å². The molecule has 0 aliphatic rings. The van der Waals surface area contributed by atoms with Gasteiger partial charge in [-0.05, 0) is 29.8 Å². The lowest BCUT2D eigenvalue weighted by atomic mass is 10.2. The van der Waals surface area contributed by atoms with E-state index in [1.54, 1.807) is 17.8 Å². The van der Waals surface area contributed by atoms with E-state index in [1.807, 2.05) is 48.0 Å². The SMILES string of the molecule is Cn1c(CSCc2ccc(Cl)cc2Cl)nnc1SCC(=O)c1ccc(Br)cc1. The second-order valence-electron chi connectivity index (χ2n) is 5.91. The van der Waals surface area contributed by atoms with Crippen molar-refractivity contribution in [3.8, 4) is 0 Å². The monoisotopic (exact) mass is 515 g/mol. The van der Waals surface area contributed by atoms with Gasteiger partial charge < -0.3 is 4.57 Å². The van der Waals surface area contributed by atoms with E-state index in [0.29, 0.717) is 27.1 Å². The summed E-state index contributed by atoms with van der Waals surface area (Å²) in [7, 11) is 1.91. The van der Waals surface area contributed by atoms with Gasteiger partial charge in [0.25, 0.3) is 0 Å². The van der Waals surface area contributed by atoms with E-state index in [9.17, 15) is 4.79 Å². The molecular weight excluding hydrogens is 501 g/mol. The van der Waals surface area contributed by atoms with Crippen LogP contribution in [-0.4, -0.2) is 26.3 Å². The fourth-order valence-electron chi connectivity index (χ4n) is 2.34. The zero-order valence-electron chi connectivity index (χ0n) is 14.9. The van der Waals surface area contributed by atoms with E-state index in [1.165, 1.54) is 11.8 Å². The van der Waals surface area contributed by atoms with E-state index in [-0.39, 0.29) is 5.78 Å². The molecule has 0 spiro atoms. The first-order chi connectivity index (χ1) is 13.4. The number of ketones is 1. The molecule has 3 rings (SSSR count). The normalized spacial score (nSPS) is 11.0. The third-order valence-corrected chi connectivity index (χ3v) is 7.04. The van der Waals surface area contributed by atoms with Crippen LogP contribution in [0.4, 0.5) is 0 Å². The molecular formula is C19H16BrCl2N3OS2. The molecule has 0 saturated heterocycles. The number of carbonyl (C=O) groups is 1. The summed E-state index contributed by atoms with van der Waals surface area (Å²) >= 11 is 18.6. The average molecular weight is 517 g/mol. The molecule has 0 saturated carbocycles. The maximum atomic E-state index is 12.3. The summed E-state index contributed by atoms with van der Waals surface area (Å²) < 4.78 is 2.88. The van der Waals surface area contributed by atoms with Gasteiger partial charge >= 0.3 is 0 Å². The van der Waals surface area contributed by atoms with Gasteiger partial charge in [0.2, 0.25) is 0 Å². The molecule has 0 radical (unpaired) electrons. The summed E-state index contributed by atoms with van der Waals surface area (Å²) in [6.07, 6.45) is 0. The van der Waals surface area contributed by atoms with Gasteiger partial charge in [0.1, 0.15) is 5.82 Å². The number of benzene rings is 2. The van der Waals surface area contributed by atoms with Crippen molar-refractivity contribution in [1.29, 1.82) is 0 Å². The number of rotatable bonds is 8. The Bertz CT molecular complexity index is 980. The third kappa shape index (κ3) is 5.76. The molecule has 2 aromatic carbocycles. The molecule has 146 valence electrons. The number of hydrogen-bond donors (Lipinski definition) is 0. The molecule has 3 aromatic rings. The Morgan fingerprint density at radius 1 is 1.11 bits per heavy atom. The molecule has 0 bridgehead atoms. The van der Waals surface area contributed by atoms with Gasteiger partial charge in [-0.15, -0.1) is 22.0 Å². The Kier molecular flexibility index (Phi) is 7.88. The van der Waals surface area contributed by atoms with Gasteiger partial charge in [0.15, 0.2) is 10.9 Å². The Morgan fingerprint density at radius 2 is 1.86 bits per heavy atom. The average Bonchev–Trinajstić information content (AvgIpc) is 3.02. The first-order valence-electron chi connectivity index (χ1n) is 8.25. The van der Waals surface area contributed by atoms with E-state index in [2.05, 4.69) is 26.1 Å². The molecule has 9 heteroatoms. The van der Waals surface area contributed by atoms with Gasteiger partial charge in [0.05, 0.1) is 11.5 Å². The minimum absolute atomic E-state index is 0.0637. The van der Waals surface area contributed by atoms with Crippen LogP contribution in [0.2, 0.25) is 10.0 Å². The van der Waals surface area contributed by atoms with Gasteiger partial charge in [-0.2, -0.15) is 0 Å². The summed E-state index contributed by atoms with van der Waals surface area (Å²) in [6, 6.07) is 12.9. The largest absolute Gasteiger partial charge is 0.308 e. The standard InChI is InChI=1S/C19H16BrCl2N3OS2/c1-25-18(11-27-9-13-4-7-15(21)8-16(13)22)23-24-19(25)28-10-17(26)12-2-5-14(20)6-3-12/h2-8H,9-11H2,1H3. The summed E-state index contributed by atoms with van der Waals surface area (Å²) in [5.74, 6) is 2.69. The minimum Gasteiger partial charge on any atom is -0.308 e.